The van der Waals surface area contributed by atoms with Crippen LogP contribution in [0.4, 0.5) is 0 Å². The first kappa shape index (κ1) is 31.8. The van der Waals surface area contributed by atoms with Gasteiger partial charge in [0.05, 0.1) is 18.3 Å². The largest absolute Gasteiger partial charge is 0.385 e. The lowest BCUT2D eigenvalue weighted by Gasteiger charge is -2.43. The van der Waals surface area contributed by atoms with Gasteiger partial charge in [0.2, 0.25) is 0 Å². The highest BCUT2D eigenvalue weighted by Gasteiger charge is 2.44. The Balaban J connectivity index is 0. The minimum Gasteiger partial charge on any atom is -0.385 e. The Bertz CT molecular complexity index is 360. The Morgan fingerprint density at radius 2 is 1.13 bits per heavy atom. The fraction of sp³-hybridized carbons (Fsp3) is 0.923. The van der Waals surface area contributed by atoms with Crippen LogP contribution in [0.15, 0.2) is 12.2 Å². The molecule has 0 saturated carbocycles. The number of allylic oxidation sites excluding steroid dienone is 1. The number of ether oxygens (including phenoxy) is 4. The van der Waals surface area contributed by atoms with Crippen molar-refractivity contribution in [1.82, 2.24) is 0 Å². The Kier molecular flexibility index (Phi) is 20.4. The van der Waals surface area contributed by atoms with E-state index >= 15 is 0 Å². The SMILES string of the molecule is C=C(C)C.CCCCCCCCC(CCOC)C(OC(C)C)(OC(C)C)OC(C)C. The fourth-order valence-corrected chi connectivity index (χ4v) is 3.29. The first-order chi connectivity index (χ1) is 14.0. The molecule has 0 spiro atoms. The predicted octanol–water partition coefficient (Wildman–Crippen LogP) is 7.90. The second kappa shape index (κ2) is 19.3. The van der Waals surface area contributed by atoms with Gasteiger partial charge in [0, 0.05) is 19.6 Å². The molecule has 0 aromatic heterocycles. The lowest BCUT2D eigenvalue weighted by molar-refractivity contribution is -0.433. The van der Waals surface area contributed by atoms with Crippen LogP contribution in [0.25, 0.3) is 0 Å². The molecule has 0 saturated heterocycles. The third-order valence-electron chi connectivity index (χ3n) is 4.28. The van der Waals surface area contributed by atoms with Gasteiger partial charge >= 0.3 is 0 Å². The first-order valence-corrected chi connectivity index (χ1v) is 12.1. The van der Waals surface area contributed by atoms with Crippen LogP contribution in [0.3, 0.4) is 0 Å². The molecule has 4 nitrogen and oxygen atoms in total. The van der Waals surface area contributed by atoms with Crippen molar-refractivity contribution >= 4 is 0 Å². The van der Waals surface area contributed by atoms with Gasteiger partial charge in [-0.1, -0.05) is 51.0 Å². The van der Waals surface area contributed by atoms with Crippen LogP contribution in [-0.2, 0) is 18.9 Å². The average molecular weight is 431 g/mol. The van der Waals surface area contributed by atoms with E-state index in [0.717, 1.165) is 12.8 Å². The smallest absolute Gasteiger partial charge is 0.286 e. The quantitative estimate of drug-likeness (QED) is 0.133. The first-order valence-electron chi connectivity index (χ1n) is 12.1. The molecule has 0 aliphatic rings. The van der Waals surface area contributed by atoms with Gasteiger partial charge in [0.25, 0.3) is 5.97 Å². The lowest BCUT2D eigenvalue weighted by Crippen LogP contribution is -2.51. The molecule has 4 heteroatoms. The summed E-state index contributed by atoms with van der Waals surface area (Å²) in [5.74, 6) is -0.848. The second-order valence-corrected chi connectivity index (χ2v) is 9.35. The topological polar surface area (TPSA) is 36.9 Å². The highest BCUT2D eigenvalue weighted by Crippen LogP contribution is 2.36. The van der Waals surface area contributed by atoms with Crippen LogP contribution in [0.2, 0.25) is 0 Å². The zero-order chi connectivity index (χ0) is 23.6. The van der Waals surface area contributed by atoms with Crippen LogP contribution >= 0.6 is 0 Å². The molecule has 0 fully saturated rings. The van der Waals surface area contributed by atoms with Gasteiger partial charge in [-0.15, -0.1) is 6.58 Å². The molecule has 0 rings (SSSR count). The predicted molar refractivity (Wildman–Crippen MR) is 130 cm³/mol. The molecule has 0 aliphatic carbocycles. The molecule has 0 N–H and O–H groups in total. The van der Waals surface area contributed by atoms with Gasteiger partial charge in [-0.3, -0.25) is 0 Å². The molecular weight excluding hydrogens is 376 g/mol. The van der Waals surface area contributed by atoms with Crippen molar-refractivity contribution in [2.45, 2.75) is 138 Å². The van der Waals surface area contributed by atoms with Crippen LogP contribution in [0, 0.1) is 5.92 Å². The molecule has 1 atom stereocenters. The van der Waals surface area contributed by atoms with Crippen LogP contribution in [0.5, 0.6) is 0 Å². The molecular formula is C26H54O4. The molecule has 0 heterocycles. The molecule has 0 aromatic rings. The number of hydrogen-bond acceptors (Lipinski definition) is 4. The Morgan fingerprint density at radius 3 is 1.50 bits per heavy atom. The zero-order valence-electron chi connectivity index (χ0n) is 22.0. The standard InChI is InChI=1S/C22H46O4.C4H8/c1-9-10-11-12-13-14-15-21(16-17-23-8)22(24-18(2)3,25-19(4)5)26-20(6)7;1-4(2)3/h18-21H,9-17H2,1-8H3;1H2,2-3H3. The molecule has 0 amide bonds. The summed E-state index contributed by atoms with van der Waals surface area (Å²) in [6.45, 7) is 22.7. The second-order valence-electron chi connectivity index (χ2n) is 9.35. The van der Waals surface area contributed by atoms with Crippen LogP contribution in [0.1, 0.15) is 114 Å². The Morgan fingerprint density at radius 1 is 0.733 bits per heavy atom. The highest BCUT2D eigenvalue weighted by atomic mass is 16.9. The van der Waals surface area contributed by atoms with E-state index in [-0.39, 0.29) is 24.2 Å². The minimum absolute atomic E-state index is 0.0297. The number of methoxy groups -OCH3 is 1. The van der Waals surface area contributed by atoms with E-state index in [4.69, 9.17) is 18.9 Å². The van der Waals surface area contributed by atoms with Gasteiger partial charge in [0.15, 0.2) is 0 Å². The van der Waals surface area contributed by atoms with Gasteiger partial charge in [0.1, 0.15) is 0 Å². The van der Waals surface area contributed by atoms with Gasteiger partial charge in [-0.25, -0.2) is 0 Å². The fourth-order valence-electron chi connectivity index (χ4n) is 3.29. The van der Waals surface area contributed by atoms with E-state index in [1.165, 1.54) is 44.1 Å². The third kappa shape index (κ3) is 18.4. The summed E-state index contributed by atoms with van der Waals surface area (Å²) < 4.78 is 24.3. The molecule has 0 aromatic carbocycles. The Hall–Kier alpha value is -0.420. The minimum atomic E-state index is -1.00. The summed E-state index contributed by atoms with van der Waals surface area (Å²) >= 11 is 0. The van der Waals surface area contributed by atoms with Gasteiger partial charge < -0.3 is 18.9 Å². The number of rotatable bonds is 17. The summed E-state index contributed by atoms with van der Waals surface area (Å²) in [6, 6.07) is 0. The van der Waals surface area contributed by atoms with Gasteiger partial charge in [-0.2, -0.15) is 0 Å². The maximum atomic E-state index is 6.31. The maximum absolute atomic E-state index is 6.31. The van der Waals surface area contributed by atoms with E-state index < -0.39 is 5.97 Å². The summed E-state index contributed by atoms with van der Waals surface area (Å²) in [4.78, 5) is 0. The van der Waals surface area contributed by atoms with E-state index in [1.54, 1.807) is 7.11 Å². The van der Waals surface area contributed by atoms with Crippen molar-refractivity contribution in [3.05, 3.63) is 12.2 Å². The summed E-state index contributed by atoms with van der Waals surface area (Å²) in [6.07, 6.45) is 9.67. The molecule has 30 heavy (non-hydrogen) atoms. The molecule has 182 valence electrons. The van der Waals surface area contributed by atoms with E-state index in [1.807, 2.05) is 55.4 Å². The van der Waals surface area contributed by atoms with Crippen molar-refractivity contribution in [2.24, 2.45) is 5.92 Å². The Labute approximate surface area is 189 Å². The van der Waals surface area contributed by atoms with Gasteiger partial charge in [-0.05, 0) is 68.2 Å². The van der Waals surface area contributed by atoms with Crippen LogP contribution < -0.4 is 0 Å². The average Bonchev–Trinajstić information content (AvgIpc) is 2.57. The van der Waals surface area contributed by atoms with Crippen molar-refractivity contribution in [2.75, 3.05) is 13.7 Å². The van der Waals surface area contributed by atoms with Crippen molar-refractivity contribution in [1.29, 1.82) is 0 Å². The van der Waals surface area contributed by atoms with Crippen LogP contribution in [-0.4, -0.2) is 38.0 Å². The summed E-state index contributed by atoms with van der Waals surface area (Å²) in [7, 11) is 1.75. The normalized spacial score (nSPS) is 13.0. The van der Waals surface area contributed by atoms with E-state index in [9.17, 15) is 0 Å². The van der Waals surface area contributed by atoms with Crippen molar-refractivity contribution < 1.29 is 18.9 Å². The molecule has 1 unspecified atom stereocenters. The maximum Gasteiger partial charge on any atom is 0.286 e. The molecule has 0 radical (unpaired) electrons. The van der Waals surface area contributed by atoms with Crippen molar-refractivity contribution in [3.8, 4) is 0 Å². The molecule has 0 aliphatic heterocycles. The van der Waals surface area contributed by atoms with E-state index in [0.29, 0.717) is 6.61 Å². The summed E-state index contributed by atoms with van der Waals surface area (Å²) in [5, 5.41) is 0. The number of hydrogen-bond donors (Lipinski definition) is 0. The lowest BCUT2D eigenvalue weighted by atomic mass is 9.94. The van der Waals surface area contributed by atoms with Crippen molar-refractivity contribution in [3.63, 3.8) is 0 Å². The zero-order valence-corrected chi connectivity index (χ0v) is 22.0. The highest BCUT2D eigenvalue weighted by molar-refractivity contribution is 4.79. The monoisotopic (exact) mass is 430 g/mol. The molecule has 0 bridgehead atoms. The van der Waals surface area contributed by atoms with E-state index in [2.05, 4.69) is 13.5 Å². The summed E-state index contributed by atoms with van der Waals surface area (Å²) in [5.41, 5.74) is 1.17. The third-order valence-corrected chi connectivity index (χ3v) is 4.28. The number of unbranched alkanes of at least 4 members (excludes halogenated alkanes) is 5.